The van der Waals surface area contributed by atoms with Crippen LogP contribution in [0.1, 0.15) is 17.2 Å². The van der Waals surface area contributed by atoms with Gasteiger partial charge in [-0.15, -0.1) is 11.8 Å². The first-order valence-electron chi connectivity index (χ1n) is 8.64. The third-order valence-electron chi connectivity index (χ3n) is 4.50. The van der Waals surface area contributed by atoms with Crippen LogP contribution in [0.4, 0.5) is 5.82 Å². The molecule has 0 saturated carbocycles. The zero-order valence-electron chi connectivity index (χ0n) is 14.8. The van der Waals surface area contributed by atoms with Crippen LogP contribution < -0.4 is 5.32 Å². The van der Waals surface area contributed by atoms with Crippen molar-refractivity contribution in [3.63, 3.8) is 0 Å². The third-order valence-corrected chi connectivity index (χ3v) is 5.24. The zero-order chi connectivity index (χ0) is 18.6. The molecule has 2 heterocycles. The van der Waals surface area contributed by atoms with Gasteiger partial charge in [0.15, 0.2) is 0 Å². The Hall–Kier alpha value is -3.05. The Labute approximate surface area is 162 Å². The van der Waals surface area contributed by atoms with Gasteiger partial charge in [0.25, 0.3) is 0 Å². The summed E-state index contributed by atoms with van der Waals surface area (Å²) in [6, 6.07) is 21.6. The smallest absolute Gasteiger partial charge is 0.147 e. The van der Waals surface area contributed by atoms with E-state index >= 15 is 0 Å². The van der Waals surface area contributed by atoms with Crippen molar-refractivity contribution < 1.29 is 5.11 Å². The summed E-state index contributed by atoms with van der Waals surface area (Å²) in [5, 5.41) is 15.3. The lowest BCUT2D eigenvalue weighted by molar-refractivity contribution is 0.471. The first-order chi connectivity index (χ1) is 13.3. The van der Waals surface area contributed by atoms with Crippen LogP contribution in [-0.4, -0.2) is 21.3 Å². The van der Waals surface area contributed by atoms with Gasteiger partial charge in [-0.25, -0.2) is 4.98 Å². The van der Waals surface area contributed by atoms with Crippen molar-refractivity contribution in [2.45, 2.75) is 10.9 Å². The maximum atomic E-state index is 10.9. The van der Waals surface area contributed by atoms with E-state index in [1.165, 1.54) is 4.90 Å². The number of aromatic nitrogens is 2. The van der Waals surface area contributed by atoms with Gasteiger partial charge in [0.05, 0.1) is 6.04 Å². The van der Waals surface area contributed by atoms with E-state index in [2.05, 4.69) is 45.8 Å². The molecule has 0 fully saturated rings. The van der Waals surface area contributed by atoms with E-state index in [-0.39, 0.29) is 11.8 Å². The number of rotatable bonds is 5. The molecular formula is C22H19N3OS. The molecule has 0 unspecified atom stereocenters. The summed E-state index contributed by atoms with van der Waals surface area (Å²) in [6.45, 7) is 0. The van der Waals surface area contributed by atoms with Gasteiger partial charge in [0.2, 0.25) is 0 Å². The number of pyridine rings is 2. The predicted molar refractivity (Wildman–Crippen MR) is 111 cm³/mol. The summed E-state index contributed by atoms with van der Waals surface area (Å²) in [7, 11) is 0. The van der Waals surface area contributed by atoms with Crippen molar-refractivity contribution in [3.05, 3.63) is 90.3 Å². The highest BCUT2D eigenvalue weighted by molar-refractivity contribution is 7.98. The Kier molecular flexibility index (Phi) is 4.94. The normalized spacial score (nSPS) is 12.0. The van der Waals surface area contributed by atoms with Gasteiger partial charge in [-0.2, -0.15) is 0 Å². The molecule has 1 atom stereocenters. The Morgan fingerprint density at radius 1 is 0.889 bits per heavy atom. The number of nitrogens with one attached hydrogen (secondary N) is 1. The number of hydrogen-bond acceptors (Lipinski definition) is 5. The first kappa shape index (κ1) is 17.4. The van der Waals surface area contributed by atoms with Gasteiger partial charge in [0.1, 0.15) is 17.1 Å². The van der Waals surface area contributed by atoms with Crippen molar-refractivity contribution in [1.82, 2.24) is 9.97 Å². The topological polar surface area (TPSA) is 58.0 Å². The molecule has 4 rings (SSSR count). The lowest BCUT2D eigenvalue weighted by Gasteiger charge is -2.22. The van der Waals surface area contributed by atoms with Crippen LogP contribution in [-0.2, 0) is 0 Å². The molecule has 5 heteroatoms. The molecule has 2 N–H and O–H groups in total. The summed E-state index contributed by atoms with van der Waals surface area (Å²) < 4.78 is 0. The van der Waals surface area contributed by atoms with Crippen LogP contribution in [0.25, 0.3) is 10.9 Å². The third kappa shape index (κ3) is 3.59. The summed E-state index contributed by atoms with van der Waals surface area (Å²) in [5.74, 6) is 0.937. The summed E-state index contributed by atoms with van der Waals surface area (Å²) in [5.41, 5.74) is 2.41. The second-order valence-electron chi connectivity index (χ2n) is 6.14. The van der Waals surface area contributed by atoms with E-state index in [4.69, 9.17) is 0 Å². The maximum Gasteiger partial charge on any atom is 0.147 e. The lowest BCUT2D eigenvalue weighted by Crippen LogP contribution is -2.13. The number of anilines is 1. The molecule has 0 aliphatic heterocycles. The van der Waals surface area contributed by atoms with Gasteiger partial charge < -0.3 is 10.4 Å². The largest absolute Gasteiger partial charge is 0.505 e. The van der Waals surface area contributed by atoms with Gasteiger partial charge in [-0.3, -0.25) is 4.98 Å². The highest BCUT2D eigenvalue weighted by atomic mass is 32.2. The quantitative estimate of drug-likeness (QED) is 0.467. The fourth-order valence-corrected chi connectivity index (χ4v) is 3.52. The summed E-state index contributed by atoms with van der Waals surface area (Å²) in [6.07, 6.45) is 5.50. The van der Waals surface area contributed by atoms with Crippen molar-refractivity contribution in [1.29, 1.82) is 0 Å². The van der Waals surface area contributed by atoms with E-state index in [0.717, 1.165) is 22.3 Å². The number of thioether (sulfide) groups is 1. The summed E-state index contributed by atoms with van der Waals surface area (Å²) >= 11 is 1.70. The SMILES string of the molecule is CSc1ccc([C@H](Nc2ccccn2)c2ccc3cccnc3c2O)cc1. The molecule has 0 aliphatic carbocycles. The second kappa shape index (κ2) is 7.68. The number of hydrogen-bond donors (Lipinski definition) is 2. The van der Waals surface area contributed by atoms with Crippen LogP contribution in [0.5, 0.6) is 5.75 Å². The highest BCUT2D eigenvalue weighted by Gasteiger charge is 2.20. The number of nitrogens with zero attached hydrogens (tertiary/aromatic N) is 2. The predicted octanol–water partition coefficient (Wildman–Crippen LogP) is 5.26. The van der Waals surface area contributed by atoms with Crippen molar-refractivity contribution in [2.75, 3.05) is 11.6 Å². The maximum absolute atomic E-state index is 10.9. The molecule has 0 aliphatic rings. The van der Waals surface area contributed by atoms with Crippen molar-refractivity contribution in [3.8, 4) is 5.75 Å². The molecule has 0 spiro atoms. The van der Waals surface area contributed by atoms with E-state index in [1.807, 2.05) is 42.5 Å². The van der Waals surface area contributed by atoms with Gasteiger partial charge in [-0.1, -0.05) is 36.4 Å². The number of fused-ring (bicyclic) bond motifs is 1. The molecule has 27 heavy (non-hydrogen) atoms. The van der Waals surface area contributed by atoms with E-state index in [1.54, 1.807) is 24.2 Å². The monoisotopic (exact) mass is 373 g/mol. The second-order valence-corrected chi connectivity index (χ2v) is 7.02. The molecule has 2 aromatic heterocycles. The first-order valence-corrected chi connectivity index (χ1v) is 9.87. The Balaban J connectivity index is 1.83. The molecule has 0 saturated heterocycles. The van der Waals surface area contributed by atoms with E-state index in [9.17, 15) is 5.11 Å². The molecule has 4 aromatic rings. The highest BCUT2D eigenvalue weighted by Crippen LogP contribution is 2.36. The number of phenolic OH excluding ortho intramolecular Hbond substituents is 1. The van der Waals surface area contributed by atoms with Crippen LogP contribution in [0, 0.1) is 0 Å². The molecule has 4 nitrogen and oxygen atoms in total. The molecule has 2 aromatic carbocycles. The number of phenols is 1. The zero-order valence-corrected chi connectivity index (χ0v) is 15.6. The van der Waals surface area contributed by atoms with Crippen LogP contribution >= 0.6 is 11.8 Å². The van der Waals surface area contributed by atoms with E-state index < -0.39 is 0 Å². The van der Waals surface area contributed by atoms with Crippen molar-refractivity contribution in [2.24, 2.45) is 0 Å². The number of aromatic hydroxyl groups is 1. The van der Waals surface area contributed by atoms with Crippen LogP contribution in [0.3, 0.4) is 0 Å². The van der Waals surface area contributed by atoms with Crippen molar-refractivity contribution >= 4 is 28.5 Å². The fourth-order valence-electron chi connectivity index (χ4n) is 3.11. The minimum Gasteiger partial charge on any atom is -0.505 e. The molecule has 0 amide bonds. The van der Waals surface area contributed by atoms with Crippen LogP contribution in [0.15, 0.2) is 84.0 Å². The Morgan fingerprint density at radius 2 is 1.70 bits per heavy atom. The molecule has 0 bridgehead atoms. The fraction of sp³-hybridized carbons (Fsp3) is 0.0909. The minimum atomic E-state index is -0.248. The number of benzene rings is 2. The molecule has 134 valence electrons. The Morgan fingerprint density at radius 3 is 2.44 bits per heavy atom. The van der Waals surface area contributed by atoms with E-state index in [0.29, 0.717) is 5.52 Å². The van der Waals surface area contributed by atoms with Gasteiger partial charge >= 0.3 is 0 Å². The lowest BCUT2D eigenvalue weighted by atomic mass is 9.96. The van der Waals surface area contributed by atoms with Crippen LogP contribution in [0.2, 0.25) is 0 Å². The standard InChI is InChI=1S/C22H19N3OS/c1-27-17-10-7-16(8-11-17)20(25-19-6-2-3-13-23-19)18-12-9-15-5-4-14-24-21(15)22(18)26/h2-14,20,26H,1H3,(H,23,25)/t20-/m0/s1. The molecule has 0 radical (unpaired) electrons. The Bertz CT molecular complexity index is 1050. The summed E-state index contributed by atoms with van der Waals surface area (Å²) in [4.78, 5) is 9.93. The average molecular weight is 373 g/mol. The average Bonchev–Trinajstić information content (AvgIpc) is 2.74. The minimum absolute atomic E-state index is 0.190. The van der Waals surface area contributed by atoms with Gasteiger partial charge in [0, 0.05) is 28.2 Å². The molecular weight excluding hydrogens is 354 g/mol. The van der Waals surface area contributed by atoms with Gasteiger partial charge in [-0.05, 0) is 42.2 Å².